The van der Waals surface area contributed by atoms with Crippen LogP contribution in [0.3, 0.4) is 0 Å². The number of fused-ring (bicyclic) bond motifs is 7. The minimum absolute atomic E-state index is 0. The van der Waals surface area contributed by atoms with Gasteiger partial charge < -0.3 is 26.3 Å². The highest BCUT2D eigenvalue weighted by molar-refractivity contribution is 7.99. The number of aromatic nitrogens is 4. The molecule has 4 aromatic heterocycles. The third kappa shape index (κ3) is 7.76. The molecule has 0 amide bonds. The fourth-order valence-electron chi connectivity index (χ4n) is 5.22. The van der Waals surface area contributed by atoms with E-state index in [9.17, 15) is 25.9 Å². The number of pyridine rings is 4. The fourth-order valence-corrected chi connectivity index (χ4v) is 7.77. The number of anilines is 1. The van der Waals surface area contributed by atoms with Crippen LogP contribution in [0.2, 0.25) is 0 Å². The molecule has 0 atom stereocenters. The van der Waals surface area contributed by atoms with Crippen LogP contribution in [0.1, 0.15) is 6.92 Å². The van der Waals surface area contributed by atoms with Crippen molar-refractivity contribution in [3.8, 4) is 0 Å². The van der Waals surface area contributed by atoms with Gasteiger partial charge in [0.2, 0.25) is 0 Å². The van der Waals surface area contributed by atoms with Crippen molar-refractivity contribution in [2.24, 2.45) is 0 Å². The van der Waals surface area contributed by atoms with Crippen LogP contribution in [-0.2, 0) is 20.2 Å². The summed E-state index contributed by atoms with van der Waals surface area (Å²) in [5.41, 5.74) is 3.41. The summed E-state index contributed by atoms with van der Waals surface area (Å²) < 4.78 is 67.7. The predicted octanol–water partition coefficient (Wildman–Crippen LogP) is 6.70. The van der Waals surface area contributed by atoms with E-state index in [4.69, 9.17) is 0 Å². The van der Waals surface area contributed by atoms with E-state index in [-0.39, 0.29) is 22.1 Å². The maximum Gasteiger partial charge on any atom is 0.125 e. The number of thioether (sulfide) groups is 1. The van der Waals surface area contributed by atoms with Crippen molar-refractivity contribution in [1.29, 1.82) is 0 Å². The smallest absolute Gasteiger partial charge is 0.125 e. The SMILES string of the molecule is CCN1CSc2ccccc21.O=S(=O)([O-])c1cc2cccnc2c2ncccc12.O=S(=O)([O-])c1cc2cccnc2c2ncccc12.[NH4+].[NH4+]. The van der Waals surface area contributed by atoms with Crippen LogP contribution in [0.5, 0.6) is 0 Å². The number of quaternary nitrogens is 2. The zero-order chi connectivity index (χ0) is 33.2. The molecule has 8 N–H and O–H groups in total. The van der Waals surface area contributed by atoms with Gasteiger partial charge in [-0.2, -0.15) is 0 Å². The summed E-state index contributed by atoms with van der Waals surface area (Å²) >= 11 is 1.93. The molecule has 0 saturated carbocycles. The molecule has 1 aliphatic heterocycles. The van der Waals surface area contributed by atoms with E-state index in [1.54, 1.807) is 60.9 Å². The van der Waals surface area contributed by atoms with E-state index >= 15 is 0 Å². The first kappa shape index (κ1) is 37.0. The first-order valence-electron chi connectivity index (χ1n) is 14.2. The lowest BCUT2D eigenvalue weighted by Crippen LogP contribution is -2.17. The van der Waals surface area contributed by atoms with Gasteiger partial charge in [0.05, 0.1) is 43.4 Å². The minimum atomic E-state index is -4.54. The number of nitrogens with zero attached hydrogens (tertiary/aromatic N) is 5. The van der Waals surface area contributed by atoms with Gasteiger partial charge in [0, 0.05) is 57.8 Å². The topological polar surface area (TPSA) is 242 Å². The predicted molar refractivity (Wildman–Crippen MR) is 192 cm³/mol. The van der Waals surface area contributed by atoms with E-state index in [1.807, 2.05) is 11.8 Å². The second-order valence-electron chi connectivity index (χ2n) is 10.2. The van der Waals surface area contributed by atoms with Gasteiger partial charge in [0.1, 0.15) is 20.2 Å². The fraction of sp³-hybridized carbons (Fsp3) is 0.0909. The highest BCUT2D eigenvalue weighted by atomic mass is 32.2. The molecule has 0 unspecified atom stereocenters. The van der Waals surface area contributed by atoms with Gasteiger partial charge in [0.25, 0.3) is 0 Å². The maximum atomic E-state index is 11.3. The van der Waals surface area contributed by atoms with Crippen molar-refractivity contribution in [2.45, 2.75) is 21.6 Å². The monoisotopic (exact) mass is 719 g/mol. The normalized spacial score (nSPS) is 12.3. The molecule has 0 fully saturated rings. The molecule has 5 heterocycles. The molecule has 3 aromatic carbocycles. The molecule has 8 rings (SSSR count). The molecule has 0 spiro atoms. The van der Waals surface area contributed by atoms with Gasteiger partial charge in [-0.15, -0.1) is 11.8 Å². The third-order valence-electron chi connectivity index (χ3n) is 7.35. The summed E-state index contributed by atoms with van der Waals surface area (Å²) in [5.74, 6) is 1.12. The van der Waals surface area contributed by atoms with Gasteiger partial charge in [-0.1, -0.05) is 24.3 Å². The summed E-state index contributed by atoms with van der Waals surface area (Å²) in [6.07, 6.45) is 6.28. The summed E-state index contributed by atoms with van der Waals surface area (Å²) in [6.45, 7) is 3.31. The third-order valence-corrected chi connectivity index (χ3v) is 10.2. The van der Waals surface area contributed by atoms with Crippen molar-refractivity contribution in [3.05, 3.63) is 110 Å². The van der Waals surface area contributed by atoms with E-state index in [0.29, 0.717) is 43.6 Å². The molecule has 0 aliphatic carbocycles. The summed E-state index contributed by atoms with van der Waals surface area (Å²) in [5, 5.41) is 1.77. The van der Waals surface area contributed by atoms with Crippen LogP contribution in [-0.4, -0.2) is 58.3 Å². The van der Waals surface area contributed by atoms with Crippen LogP contribution in [0.4, 0.5) is 5.69 Å². The van der Waals surface area contributed by atoms with E-state index in [2.05, 4.69) is 56.0 Å². The second kappa shape index (κ2) is 15.2. The quantitative estimate of drug-likeness (QED) is 0.143. The van der Waals surface area contributed by atoms with Crippen molar-refractivity contribution < 1.29 is 25.9 Å². The Balaban J connectivity index is 0.000000167. The maximum absolute atomic E-state index is 11.3. The average Bonchev–Trinajstić information content (AvgIpc) is 3.51. The Morgan fingerprint density at radius 3 is 1.51 bits per heavy atom. The molecular weight excluding hydrogens is 687 g/mol. The largest absolute Gasteiger partial charge is 0.744 e. The molecule has 49 heavy (non-hydrogen) atoms. The average molecular weight is 720 g/mol. The van der Waals surface area contributed by atoms with Crippen molar-refractivity contribution in [1.82, 2.24) is 32.2 Å². The molecule has 1 aliphatic rings. The summed E-state index contributed by atoms with van der Waals surface area (Å²) in [7, 11) is -9.08. The molecular formula is C33H33N7O6S3. The van der Waals surface area contributed by atoms with Crippen LogP contribution in [0.25, 0.3) is 43.6 Å². The van der Waals surface area contributed by atoms with Gasteiger partial charge in [-0.3, -0.25) is 19.9 Å². The molecule has 0 radical (unpaired) electrons. The highest BCUT2D eigenvalue weighted by Crippen LogP contribution is 2.37. The van der Waals surface area contributed by atoms with Gasteiger partial charge in [-0.25, -0.2) is 16.8 Å². The van der Waals surface area contributed by atoms with E-state index in [0.717, 1.165) is 12.4 Å². The van der Waals surface area contributed by atoms with Crippen LogP contribution in [0, 0.1) is 0 Å². The van der Waals surface area contributed by atoms with Gasteiger partial charge >= 0.3 is 0 Å². The Morgan fingerprint density at radius 1 is 0.633 bits per heavy atom. The Morgan fingerprint density at radius 2 is 1.06 bits per heavy atom. The van der Waals surface area contributed by atoms with Crippen molar-refractivity contribution >= 4 is 81.3 Å². The summed E-state index contributed by atoms with van der Waals surface area (Å²) in [4.78, 5) is 19.9. The molecule has 7 aromatic rings. The Kier molecular flexibility index (Phi) is 11.5. The standard InChI is InChI=1S/2C12H8N2O3S.C9H11NS.2H3N/c2*15-18(16,17)10-7-8-3-1-5-13-11(8)12-9(10)4-2-6-14-12;1-2-10-7-11-9-6-4-3-5-8(9)10;;/h2*1-7H,(H,15,16,17);3-6H,2,7H2,1H3;2*1H3. The van der Waals surface area contributed by atoms with Crippen molar-refractivity contribution in [2.75, 3.05) is 17.3 Å². The van der Waals surface area contributed by atoms with Gasteiger partial charge in [0.15, 0.2) is 0 Å². The van der Waals surface area contributed by atoms with E-state index in [1.165, 1.54) is 35.1 Å². The Bertz CT molecular complexity index is 2350. The summed E-state index contributed by atoms with van der Waals surface area (Å²) in [6, 6.07) is 24.3. The number of hydrogen-bond acceptors (Lipinski definition) is 12. The lowest BCUT2D eigenvalue weighted by molar-refractivity contribution is 0.462. The number of benzene rings is 3. The first-order valence-corrected chi connectivity index (χ1v) is 18.0. The zero-order valence-electron chi connectivity index (χ0n) is 26.7. The number of para-hydroxylation sites is 1. The van der Waals surface area contributed by atoms with Gasteiger partial charge in [-0.05, 0) is 67.6 Å². The van der Waals surface area contributed by atoms with Crippen LogP contribution >= 0.6 is 11.8 Å². The molecule has 0 saturated heterocycles. The lowest BCUT2D eigenvalue weighted by atomic mass is 10.1. The molecule has 13 nitrogen and oxygen atoms in total. The minimum Gasteiger partial charge on any atom is -0.744 e. The molecule has 0 bridgehead atoms. The second-order valence-corrected chi connectivity index (χ2v) is 13.9. The van der Waals surface area contributed by atoms with Crippen LogP contribution in [0.15, 0.2) is 124 Å². The number of rotatable bonds is 3. The number of hydrogen-bond donors (Lipinski definition) is 2. The zero-order valence-corrected chi connectivity index (χ0v) is 29.2. The van der Waals surface area contributed by atoms with Crippen LogP contribution < -0.4 is 17.2 Å². The molecule has 254 valence electrons. The Labute approximate surface area is 287 Å². The van der Waals surface area contributed by atoms with E-state index < -0.39 is 20.2 Å². The molecule has 16 heteroatoms. The highest BCUT2D eigenvalue weighted by Gasteiger charge is 2.16. The first-order chi connectivity index (χ1) is 22.6. The lowest BCUT2D eigenvalue weighted by Gasteiger charge is -2.14. The Hall–Kier alpha value is -4.81. The van der Waals surface area contributed by atoms with Crippen molar-refractivity contribution in [3.63, 3.8) is 0 Å².